The van der Waals surface area contributed by atoms with E-state index in [1.165, 1.54) is 11.6 Å². The Morgan fingerprint density at radius 1 is 1.19 bits per heavy atom. The summed E-state index contributed by atoms with van der Waals surface area (Å²) in [6.07, 6.45) is 1.91. The van der Waals surface area contributed by atoms with Crippen molar-refractivity contribution in [3.8, 4) is 0 Å². The van der Waals surface area contributed by atoms with Crippen LogP contribution in [0, 0.1) is 0 Å². The van der Waals surface area contributed by atoms with Gasteiger partial charge in [0.15, 0.2) is 0 Å². The van der Waals surface area contributed by atoms with E-state index in [-0.39, 0.29) is 17.3 Å². The van der Waals surface area contributed by atoms with Crippen LogP contribution >= 0.6 is 0 Å². The molecule has 2 aromatic rings. The van der Waals surface area contributed by atoms with Gasteiger partial charge in [-0.25, -0.2) is 4.79 Å². The van der Waals surface area contributed by atoms with Gasteiger partial charge < -0.3 is 16.2 Å². The molecule has 4 N–H and O–H groups in total. The van der Waals surface area contributed by atoms with E-state index >= 15 is 0 Å². The number of nitrogen functional groups attached to an aromatic ring is 1. The third-order valence-electron chi connectivity index (χ3n) is 3.45. The quantitative estimate of drug-likeness (QED) is 0.711. The highest BCUT2D eigenvalue weighted by atomic mass is 16.4. The van der Waals surface area contributed by atoms with Crippen molar-refractivity contribution in [1.29, 1.82) is 0 Å². The minimum absolute atomic E-state index is 0.134. The highest BCUT2D eigenvalue weighted by Crippen LogP contribution is 2.24. The van der Waals surface area contributed by atoms with E-state index in [1.807, 2.05) is 18.2 Å². The minimum Gasteiger partial charge on any atom is -0.478 e. The number of nitrogens with two attached hydrogens (primary N) is 1. The number of hydrogen-bond donors (Lipinski definition) is 3. The predicted octanol–water partition coefficient (Wildman–Crippen LogP) is 3.40. The molecule has 0 bridgehead atoms. The third kappa shape index (κ3) is 3.99. The SMILES string of the molecule is CC(CCc1ccccc1)Nc1cccc(C(=O)O)c1N. The van der Waals surface area contributed by atoms with Gasteiger partial charge >= 0.3 is 5.97 Å². The van der Waals surface area contributed by atoms with Crippen LogP contribution in [0.25, 0.3) is 0 Å². The molecule has 0 fully saturated rings. The van der Waals surface area contributed by atoms with Crippen LogP contribution in [0.4, 0.5) is 11.4 Å². The van der Waals surface area contributed by atoms with Crippen molar-refractivity contribution in [2.24, 2.45) is 0 Å². The monoisotopic (exact) mass is 284 g/mol. The number of carboxylic acid groups (broad SMARTS) is 1. The van der Waals surface area contributed by atoms with E-state index in [9.17, 15) is 4.79 Å². The smallest absolute Gasteiger partial charge is 0.337 e. The zero-order valence-electron chi connectivity index (χ0n) is 12.0. The van der Waals surface area contributed by atoms with E-state index in [1.54, 1.807) is 12.1 Å². The first kappa shape index (κ1) is 14.9. The van der Waals surface area contributed by atoms with Gasteiger partial charge in [0.25, 0.3) is 0 Å². The number of para-hydroxylation sites is 1. The summed E-state index contributed by atoms with van der Waals surface area (Å²) >= 11 is 0. The first-order valence-electron chi connectivity index (χ1n) is 7.00. The highest BCUT2D eigenvalue weighted by molar-refractivity contribution is 5.97. The van der Waals surface area contributed by atoms with Crippen LogP contribution in [0.3, 0.4) is 0 Å². The Balaban J connectivity index is 1.98. The molecule has 0 aliphatic carbocycles. The van der Waals surface area contributed by atoms with E-state index in [0.717, 1.165) is 12.8 Å². The average Bonchev–Trinajstić information content (AvgIpc) is 2.48. The predicted molar refractivity (Wildman–Crippen MR) is 85.7 cm³/mol. The lowest BCUT2D eigenvalue weighted by atomic mass is 10.1. The maximum atomic E-state index is 11.1. The summed E-state index contributed by atoms with van der Waals surface area (Å²) in [6.45, 7) is 2.07. The molecule has 1 unspecified atom stereocenters. The summed E-state index contributed by atoms with van der Waals surface area (Å²) in [6, 6.07) is 15.5. The molecule has 0 saturated heterocycles. The van der Waals surface area contributed by atoms with Crippen molar-refractivity contribution in [1.82, 2.24) is 0 Å². The van der Waals surface area contributed by atoms with Crippen LogP contribution in [-0.4, -0.2) is 17.1 Å². The molecular weight excluding hydrogens is 264 g/mol. The molecule has 0 aromatic heterocycles. The number of aryl methyl sites for hydroxylation is 1. The fraction of sp³-hybridized carbons (Fsp3) is 0.235. The number of benzene rings is 2. The molecule has 0 radical (unpaired) electrons. The zero-order valence-corrected chi connectivity index (χ0v) is 12.0. The third-order valence-corrected chi connectivity index (χ3v) is 3.45. The van der Waals surface area contributed by atoms with Gasteiger partial charge in [0.05, 0.1) is 16.9 Å². The van der Waals surface area contributed by atoms with E-state index < -0.39 is 5.97 Å². The maximum Gasteiger partial charge on any atom is 0.337 e. The maximum absolute atomic E-state index is 11.1. The number of aromatic carboxylic acids is 1. The van der Waals surface area contributed by atoms with Crippen molar-refractivity contribution in [2.75, 3.05) is 11.1 Å². The lowest BCUT2D eigenvalue weighted by molar-refractivity contribution is 0.0698. The topological polar surface area (TPSA) is 75.3 Å². The van der Waals surface area contributed by atoms with Crippen LogP contribution in [0.2, 0.25) is 0 Å². The molecule has 2 aromatic carbocycles. The molecule has 2 rings (SSSR count). The van der Waals surface area contributed by atoms with Gasteiger partial charge in [-0.15, -0.1) is 0 Å². The standard InChI is InChI=1S/C17H20N2O2/c1-12(10-11-13-6-3-2-4-7-13)19-15-9-5-8-14(16(15)18)17(20)21/h2-9,12,19H,10-11,18H2,1H3,(H,20,21). The highest BCUT2D eigenvalue weighted by Gasteiger charge is 2.12. The van der Waals surface area contributed by atoms with E-state index in [2.05, 4.69) is 24.4 Å². The van der Waals surface area contributed by atoms with Crippen molar-refractivity contribution >= 4 is 17.3 Å². The second kappa shape index (κ2) is 6.79. The first-order valence-corrected chi connectivity index (χ1v) is 7.00. The van der Waals surface area contributed by atoms with Crippen molar-refractivity contribution in [2.45, 2.75) is 25.8 Å². The molecule has 0 amide bonds. The number of anilines is 2. The fourth-order valence-corrected chi connectivity index (χ4v) is 2.24. The number of carboxylic acids is 1. The normalized spacial score (nSPS) is 11.9. The van der Waals surface area contributed by atoms with Crippen LogP contribution < -0.4 is 11.1 Å². The van der Waals surface area contributed by atoms with Gasteiger partial charge in [-0.05, 0) is 37.5 Å². The van der Waals surface area contributed by atoms with Crippen LogP contribution in [-0.2, 0) is 6.42 Å². The van der Waals surface area contributed by atoms with Gasteiger partial charge in [-0.3, -0.25) is 0 Å². The summed E-state index contributed by atoms with van der Waals surface area (Å²) in [5, 5.41) is 12.4. The van der Waals surface area contributed by atoms with Gasteiger partial charge in [-0.2, -0.15) is 0 Å². The molecule has 0 heterocycles. The first-order chi connectivity index (χ1) is 10.1. The van der Waals surface area contributed by atoms with Crippen molar-refractivity contribution in [3.63, 3.8) is 0 Å². The molecule has 0 spiro atoms. The Morgan fingerprint density at radius 2 is 1.90 bits per heavy atom. The van der Waals surface area contributed by atoms with Gasteiger partial charge in [0.2, 0.25) is 0 Å². The second-order valence-electron chi connectivity index (χ2n) is 5.14. The Bertz CT molecular complexity index is 611. The second-order valence-corrected chi connectivity index (χ2v) is 5.14. The van der Waals surface area contributed by atoms with Crippen LogP contribution in [0.15, 0.2) is 48.5 Å². The Labute approximate surface area is 124 Å². The molecule has 4 nitrogen and oxygen atoms in total. The number of rotatable bonds is 6. The molecule has 110 valence electrons. The average molecular weight is 284 g/mol. The number of carbonyl (C=O) groups is 1. The molecule has 21 heavy (non-hydrogen) atoms. The molecule has 1 atom stereocenters. The van der Waals surface area contributed by atoms with E-state index in [4.69, 9.17) is 10.8 Å². The molecule has 0 aliphatic rings. The lowest BCUT2D eigenvalue weighted by Crippen LogP contribution is -2.18. The summed E-state index contributed by atoms with van der Waals surface area (Å²) in [5.41, 5.74) is 8.29. The van der Waals surface area contributed by atoms with Crippen molar-refractivity contribution in [3.05, 3.63) is 59.7 Å². The Hall–Kier alpha value is -2.49. The molecule has 4 heteroatoms. The van der Waals surface area contributed by atoms with Gasteiger partial charge in [-0.1, -0.05) is 36.4 Å². The zero-order chi connectivity index (χ0) is 15.2. The summed E-state index contributed by atoms with van der Waals surface area (Å²) in [7, 11) is 0. The Morgan fingerprint density at radius 3 is 2.57 bits per heavy atom. The largest absolute Gasteiger partial charge is 0.478 e. The van der Waals surface area contributed by atoms with Gasteiger partial charge in [0.1, 0.15) is 0 Å². The van der Waals surface area contributed by atoms with Crippen LogP contribution in [0.1, 0.15) is 29.3 Å². The summed E-state index contributed by atoms with van der Waals surface area (Å²) in [5.74, 6) is -1.01. The fourth-order valence-electron chi connectivity index (χ4n) is 2.24. The lowest BCUT2D eigenvalue weighted by Gasteiger charge is -2.17. The summed E-state index contributed by atoms with van der Waals surface area (Å²) in [4.78, 5) is 11.1. The molecule has 0 aliphatic heterocycles. The number of hydrogen-bond acceptors (Lipinski definition) is 3. The van der Waals surface area contributed by atoms with Gasteiger partial charge in [0, 0.05) is 6.04 Å². The number of nitrogens with one attached hydrogen (secondary N) is 1. The Kier molecular flexibility index (Phi) is 4.82. The molecular formula is C17H20N2O2. The minimum atomic E-state index is -1.01. The van der Waals surface area contributed by atoms with Crippen LogP contribution in [0.5, 0.6) is 0 Å². The molecule has 0 saturated carbocycles. The van der Waals surface area contributed by atoms with E-state index in [0.29, 0.717) is 5.69 Å². The van der Waals surface area contributed by atoms with Crippen molar-refractivity contribution < 1.29 is 9.90 Å². The summed E-state index contributed by atoms with van der Waals surface area (Å²) < 4.78 is 0.